The Balaban J connectivity index is 2.69. The predicted molar refractivity (Wildman–Crippen MR) is 57.6 cm³/mol. The quantitative estimate of drug-likeness (QED) is 0.575. The van der Waals surface area contributed by atoms with Crippen LogP contribution in [0.4, 0.5) is 5.82 Å². The molecule has 1 rings (SSSR count). The molecule has 0 atom stereocenters. The molecule has 76 valence electrons. The largest absolute Gasteiger partial charge is 0.369 e. The predicted octanol–water partition coefficient (Wildman–Crippen LogP) is 2.50. The first-order chi connectivity index (χ1) is 6.75. The molecule has 0 fully saturated rings. The molecule has 0 aliphatic rings. The smallest absolute Gasteiger partial charge is 0.163 e. The van der Waals surface area contributed by atoms with Crippen LogP contribution in [0.1, 0.15) is 37.0 Å². The molecule has 0 bridgehead atoms. The molecule has 3 nitrogen and oxygen atoms in total. The van der Waals surface area contributed by atoms with E-state index in [0.717, 1.165) is 19.4 Å². The lowest BCUT2D eigenvalue weighted by Crippen LogP contribution is -2.07. The number of aromatic nitrogens is 1. The maximum absolute atomic E-state index is 11.2. The summed E-state index contributed by atoms with van der Waals surface area (Å²) in [5.41, 5.74) is 0.670. The standard InChI is InChI=1S/C11H16N2O/c1-3-4-7-12-11-10(9(2)14)6-5-8-13-11/h5-6,8H,3-4,7H2,1-2H3,(H,12,13). The molecule has 1 N–H and O–H groups in total. The Kier molecular flexibility index (Phi) is 4.11. The molecule has 14 heavy (non-hydrogen) atoms. The van der Waals surface area contributed by atoms with Gasteiger partial charge in [0.1, 0.15) is 5.82 Å². The second-order valence-corrected chi connectivity index (χ2v) is 3.24. The average molecular weight is 192 g/mol. The molecule has 0 amide bonds. The SMILES string of the molecule is CCCCNc1ncccc1C(C)=O. The Morgan fingerprint density at radius 2 is 2.36 bits per heavy atom. The van der Waals surface area contributed by atoms with Crippen LogP contribution < -0.4 is 5.32 Å². The van der Waals surface area contributed by atoms with E-state index in [1.165, 1.54) is 0 Å². The molecular weight excluding hydrogens is 176 g/mol. The van der Waals surface area contributed by atoms with Crippen molar-refractivity contribution < 1.29 is 4.79 Å². The van der Waals surface area contributed by atoms with Crippen LogP contribution in [0.3, 0.4) is 0 Å². The van der Waals surface area contributed by atoms with Crippen LogP contribution in [-0.2, 0) is 0 Å². The van der Waals surface area contributed by atoms with Gasteiger partial charge >= 0.3 is 0 Å². The fraction of sp³-hybridized carbons (Fsp3) is 0.455. The maximum atomic E-state index is 11.2. The highest BCUT2D eigenvalue weighted by atomic mass is 16.1. The lowest BCUT2D eigenvalue weighted by atomic mass is 10.2. The number of nitrogens with one attached hydrogen (secondary N) is 1. The molecule has 0 saturated carbocycles. The number of rotatable bonds is 5. The van der Waals surface area contributed by atoms with Gasteiger partial charge in [0.2, 0.25) is 0 Å². The topological polar surface area (TPSA) is 42.0 Å². The zero-order chi connectivity index (χ0) is 10.4. The Labute approximate surface area is 84.6 Å². The van der Waals surface area contributed by atoms with Crippen molar-refractivity contribution in [2.24, 2.45) is 0 Å². The minimum atomic E-state index is 0.0529. The number of nitrogens with zero attached hydrogens (tertiary/aromatic N) is 1. The summed E-state index contributed by atoms with van der Waals surface area (Å²) in [5, 5.41) is 3.16. The van der Waals surface area contributed by atoms with E-state index in [0.29, 0.717) is 11.4 Å². The first kappa shape index (κ1) is 10.7. The van der Waals surface area contributed by atoms with E-state index in [2.05, 4.69) is 17.2 Å². The number of hydrogen-bond acceptors (Lipinski definition) is 3. The lowest BCUT2D eigenvalue weighted by Gasteiger charge is -2.07. The van der Waals surface area contributed by atoms with Gasteiger partial charge < -0.3 is 5.32 Å². The maximum Gasteiger partial charge on any atom is 0.163 e. The molecule has 0 saturated heterocycles. The molecule has 0 radical (unpaired) electrons. The Morgan fingerprint density at radius 3 is 3.00 bits per heavy atom. The highest BCUT2D eigenvalue weighted by Gasteiger charge is 2.05. The number of carbonyl (C=O) groups excluding carboxylic acids is 1. The lowest BCUT2D eigenvalue weighted by molar-refractivity contribution is 0.101. The van der Waals surface area contributed by atoms with Crippen molar-refractivity contribution in [3.63, 3.8) is 0 Å². The summed E-state index contributed by atoms with van der Waals surface area (Å²) >= 11 is 0. The molecular formula is C11H16N2O. The van der Waals surface area contributed by atoms with Crippen molar-refractivity contribution in [3.8, 4) is 0 Å². The van der Waals surface area contributed by atoms with E-state index in [1.54, 1.807) is 25.3 Å². The van der Waals surface area contributed by atoms with E-state index in [1.807, 2.05) is 0 Å². The van der Waals surface area contributed by atoms with Gasteiger partial charge in [-0.15, -0.1) is 0 Å². The highest BCUT2D eigenvalue weighted by Crippen LogP contribution is 2.11. The highest BCUT2D eigenvalue weighted by molar-refractivity contribution is 5.98. The van der Waals surface area contributed by atoms with Crippen LogP contribution >= 0.6 is 0 Å². The third-order valence-electron chi connectivity index (χ3n) is 2.01. The summed E-state index contributed by atoms with van der Waals surface area (Å²) in [4.78, 5) is 15.4. The first-order valence-electron chi connectivity index (χ1n) is 4.95. The van der Waals surface area contributed by atoms with Gasteiger partial charge in [0.25, 0.3) is 0 Å². The van der Waals surface area contributed by atoms with Crippen molar-refractivity contribution in [2.75, 3.05) is 11.9 Å². The summed E-state index contributed by atoms with van der Waals surface area (Å²) in [6, 6.07) is 3.57. The monoisotopic (exact) mass is 192 g/mol. The second-order valence-electron chi connectivity index (χ2n) is 3.24. The van der Waals surface area contributed by atoms with Crippen LogP contribution in [0.15, 0.2) is 18.3 Å². The summed E-state index contributed by atoms with van der Waals surface area (Å²) in [5.74, 6) is 0.755. The first-order valence-corrected chi connectivity index (χ1v) is 4.95. The molecule has 3 heteroatoms. The average Bonchev–Trinajstić information content (AvgIpc) is 2.19. The van der Waals surface area contributed by atoms with Gasteiger partial charge in [-0.25, -0.2) is 4.98 Å². The van der Waals surface area contributed by atoms with Gasteiger partial charge in [0, 0.05) is 12.7 Å². The summed E-state index contributed by atoms with van der Waals surface area (Å²) in [6.45, 7) is 4.56. The van der Waals surface area contributed by atoms with E-state index >= 15 is 0 Å². The number of carbonyl (C=O) groups is 1. The van der Waals surface area contributed by atoms with Crippen molar-refractivity contribution in [1.82, 2.24) is 4.98 Å². The molecule has 1 aromatic rings. The molecule has 0 aliphatic heterocycles. The Bertz CT molecular complexity index is 310. The minimum absolute atomic E-state index is 0.0529. The zero-order valence-electron chi connectivity index (χ0n) is 8.71. The van der Waals surface area contributed by atoms with Crippen molar-refractivity contribution in [1.29, 1.82) is 0 Å². The Hall–Kier alpha value is -1.38. The number of anilines is 1. The van der Waals surface area contributed by atoms with Gasteiger partial charge in [-0.3, -0.25) is 4.79 Å². The summed E-state index contributed by atoms with van der Waals surface area (Å²) in [6.07, 6.45) is 3.92. The number of ketones is 1. The van der Waals surface area contributed by atoms with Gasteiger partial charge in [0.05, 0.1) is 5.56 Å². The molecule has 0 unspecified atom stereocenters. The van der Waals surface area contributed by atoms with Crippen LogP contribution in [0.25, 0.3) is 0 Å². The van der Waals surface area contributed by atoms with E-state index < -0.39 is 0 Å². The molecule has 0 aromatic carbocycles. The van der Waals surface area contributed by atoms with Crippen LogP contribution in [0.2, 0.25) is 0 Å². The van der Waals surface area contributed by atoms with E-state index in [-0.39, 0.29) is 5.78 Å². The zero-order valence-corrected chi connectivity index (χ0v) is 8.71. The van der Waals surface area contributed by atoms with Crippen LogP contribution in [-0.4, -0.2) is 17.3 Å². The van der Waals surface area contributed by atoms with Crippen molar-refractivity contribution in [3.05, 3.63) is 23.9 Å². The molecule has 0 spiro atoms. The fourth-order valence-corrected chi connectivity index (χ4v) is 1.21. The molecule has 1 aromatic heterocycles. The summed E-state index contributed by atoms with van der Waals surface area (Å²) in [7, 11) is 0. The second kappa shape index (κ2) is 5.37. The molecule has 0 aliphatic carbocycles. The van der Waals surface area contributed by atoms with Gasteiger partial charge in [-0.05, 0) is 25.5 Å². The van der Waals surface area contributed by atoms with E-state index in [4.69, 9.17) is 0 Å². The number of hydrogen-bond donors (Lipinski definition) is 1. The fourth-order valence-electron chi connectivity index (χ4n) is 1.21. The van der Waals surface area contributed by atoms with E-state index in [9.17, 15) is 4.79 Å². The third-order valence-corrected chi connectivity index (χ3v) is 2.01. The number of unbranched alkanes of at least 4 members (excludes halogenated alkanes) is 1. The molecule has 1 heterocycles. The van der Waals surface area contributed by atoms with Gasteiger partial charge in [0.15, 0.2) is 5.78 Å². The summed E-state index contributed by atoms with van der Waals surface area (Å²) < 4.78 is 0. The number of Topliss-reactive ketones (excluding diaryl/α,β-unsaturated/α-hetero) is 1. The van der Waals surface area contributed by atoms with Crippen molar-refractivity contribution >= 4 is 11.6 Å². The van der Waals surface area contributed by atoms with Gasteiger partial charge in [-0.2, -0.15) is 0 Å². The van der Waals surface area contributed by atoms with Crippen molar-refractivity contribution in [2.45, 2.75) is 26.7 Å². The number of pyridine rings is 1. The van der Waals surface area contributed by atoms with Crippen LogP contribution in [0.5, 0.6) is 0 Å². The van der Waals surface area contributed by atoms with Gasteiger partial charge in [-0.1, -0.05) is 13.3 Å². The Morgan fingerprint density at radius 1 is 1.57 bits per heavy atom. The minimum Gasteiger partial charge on any atom is -0.369 e. The third kappa shape index (κ3) is 2.83. The normalized spacial score (nSPS) is 9.86. The van der Waals surface area contributed by atoms with Crippen LogP contribution in [0, 0.1) is 0 Å².